The van der Waals surface area contributed by atoms with Crippen molar-refractivity contribution in [1.82, 2.24) is 4.98 Å². The Kier molecular flexibility index (Phi) is 7.90. The molecule has 0 spiro atoms. The van der Waals surface area contributed by atoms with Crippen LogP contribution in [0.3, 0.4) is 0 Å². The number of carboxylic acid groups (broad SMARTS) is 1. The van der Waals surface area contributed by atoms with Gasteiger partial charge in [0.25, 0.3) is 0 Å². The van der Waals surface area contributed by atoms with Gasteiger partial charge < -0.3 is 14.9 Å². The number of halogens is 1. The highest BCUT2D eigenvalue weighted by molar-refractivity contribution is 7.14. The topological polar surface area (TPSA) is 56.7 Å². The van der Waals surface area contributed by atoms with Gasteiger partial charge in [0.1, 0.15) is 0 Å². The highest BCUT2D eigenvalue weighted by Crippen LogP contribution is 2.34. The van der Waals surface area contributed by atoms with Crippen molar-refractivity contribution in [3.8, 4) is 11.3 Å². The van der Waals surface area contributed by atoms with Gasteiger partial charge in [-0.1, -0.05) is 74.8 Å². The van der Waals surface area contributed by atoms with Crippen LogP contribution < -0.4 is 9.80 Å². The van der Waals surface area contributed by atoms with E-state index >= 15 is 0 Å². The van der Waals surface area contributed by atoms with Crippen molar-refractivity contribution >= 4 is 39.7 Å². The Labute approximate surface area is 228 Å². The first-order valence-electron chi connectivity index (χ1n) is 12.1. The number of benzene rings is 3. The Morgan fingerprint density at radius 1 is 0.919 bits per heavy atom. The van der Waals surface area contributed by atoms with E-state index in [2.05, 4.69) is 68.0 Å². The van der Waals surface area contributed by atoms with Gasteiger partial charge in [-0.15, -0.1) is 11.3 Å². The molecule has 0 unspecified atom stereocenters. The van der Waals surface area contributed by atoms with E-state index in [1.165, 1.54) is 11.1 Å². The van der Waals surface area contributed by atoms with Gasteiger partial charge in [-0.05, 0) is 46.4 Å². The molecule has 0 amide bonds. The fourth-order valence-electron chi connectivity index (χ4n) is 4.11. The molecule has 0 saturated heterocycles. The van der Waals surface area contributed by atoms with Crippen LogP contribution in [0.15, 0.2) is 72.1 Å². The average molecular weight is 534 g/mol. The summed E-state index contributed by atoms with van der Waals surface area (Å²) < 4.78 is 0. The molecule has 1 N–H and O–H groups in total. The lowest BCUT2D eigenvalue weighted by molar-refractivity contribution is 0.0697. The van der Waals surface area contributed by atoms with Crippen molar-refractivity contribution in [3.05, 3.63) is 99.4 Å². The molecule has 0 aliphatic carbocycles. The van der Waals surface area contributed by atoms with E-state index < -0.39 is 5.97 Å². The largest absolute Gasteiger partial charge is 0.478 e. The van der Waals surface area contributed by atoms with E-state index in [1.54, 1.807) is 23.5 Å². The molecule has 0 aliphatic heterocycles. The molecule has 7 heteroatoms. The Morgan fingerprint density at radius 3 is 2.08 bits per heavy atom. The quantitative estimate of drug-likeness (QED) is 0.251. The maximum absolute atomic E-state index is 11.1. The molecule has 192 valence electrons. The van der Waals surface area contributed by atoms with Crippen molar-refractivity contribution in [2.24, 2.45) is 0 Å². The first-order valence-corrected chi connectivity index (χ1v) is 13.4. The summed E-state index contributed by atoms with van der Waals surface area (Å²) in [5, 5.41) is 12.7. The van der Waals surface area contributed by atoms with Crippen molar-refractivity contribution in [2.75, 3.05) is 23.9 Å². The van der Waals surface area contributed by atoms with Gasteiger partial charge in [0.05, 0.1) is 22.0 Å². The second-order valence-electron chi connectivity index (χ2n) is 10.3. The highest BCUT2D eigenvalue weighted by atomic mass is 35.5. The van der Waals surface area contributed by atoms with Crippen molar-refractivity contribution < 1.29 is 9.90 Å². The number of carbonyl (C=O) groups is 1. The predicted octanol–water partition coefficient (Wildman–Crippen LogP) is 7.73. The smallest absolute Gasteiger partial charge is 0.335 e. The molecular weight excluding hydrogens is 502 g/mol. The summed E-state index contributed by atoms with van der Waals surface area (Å²) in [5.74, 6) is -0.921. The SMILES string of the molecule is CN(Cc1ccc(C(=O)O)cc1)c1nc(-c2ccc(N(C)Cc3ccc(C(C)(C)C)cc3)c(Cl)c2)cs1. The summed E-state index contributed by atoms with van der Waals surface area (Å²) in [6.07, 6.45) is 0. The lowest BCUT2D eigenvalue weighted by Crippen LogP contribution is -2.17. The number of thiazole rings is 1. The second kappa shape index (κ2) is 11.0. The maximum Gasteiger partial charge on any atom is 0.335 e. The Hall–Kier alpha value is -3.35. The first-order chi connectivity index (χ1) is 17.5. The molecule has 0 aliphatic rings. The van der Waals surface area contributed by atoms with E-state index in [0.29, 0.717) is 11.6 Å². The van der Waals surface area contributed by atoms with E-state index in [0.717, 1.165) is 34.2 Å². The van der Waals surface area contributed by atoms with E-state index in [4.69, 9.17) is 21.7 Å². The van der Waals surface area contributed by atoms with Gasteiger partial charge in [0, 0.05) is 38.1 Å². The molecule has 4 aromatic rings. The second-order valence-corrected chi connectivity index (χ2v) is 11.6. The zero-order valence-electron chi connectivity index (χ0n) is 21.8. The Balaban J connectivity index is 1.43. The molecule has 37 heavy (non-hydrogen) atoms. The van der Waals surface area contributed by atoms with Gasteiger partial charge in [0.2, 0.25) is 0 Å². The van der Waals surface area contributed by atoms with Crippen molar-refractivity contribution in [2.45, 2.75) is 39.3 Å². The van der Waals surface area contributed by atoms with Crippen LogP contribution in [0.4, 0.5) is 10.8 Å². The Bertz CT molecular complexity index is 1380. The molecule has 0 atom stereocenters. The van der Waals surface area contributed by atoms with Crippen LogP contribution in [0.2, 0.25) is 5.02 Å². The van der Waals surface area contributed by atoms with Crippen molar-refractivity contribution in [1.29, 1.82) is 0 Å². The van der Waals surface area contributed by atoms with E-state index in [9.17, 15) is 4.79 Å². The third-order valence-corrected chi connectivity index (χ3v) is 7.59. The maximum atomic E-state index is 11.1. The summed E-state index contributed by atoms with van der Waals surface area (Å²) in [6, 6.07) is 21.8. The highest BCUT2D eigenvalue weighted by Gasteiger charge is 2.15. The van der Waals surface area contributed by atoms with Gasteiger partial charge >= 0.3 is 5.97 Å². The minimum Gasteiger partial charge on any atom is -0.478 e. The zero-order chi connectivity index (χ0) is 26.7. The molecule has 5 nitrogen and oxygen atoms in total. The van der Waals surface area contributed by atoms with E-state index in [-0.39, 0.29) is 11.0 Å². The summed E-state index contributed by atoms with van der Waals surface area (Å²) in [6.45, 7) is 8.07. The van der Waals surface area contributed by atoms with Gasteiger partial charge in [0.15, 0.2) is 5.13 Å². The van der Waals surface area contributed by atoms with Crippen LogP contribution in [0.25, 0.3) is 11.3 Å². The number of hydrogen-bond donors (Lipinski definition) is 1. The fourth-order valence-corrected chi connectivity index (χ4v) is 5.24. The fraction of sp³-hybridized carbons (Fsp3) is 0.267. The number of nitrogens with zero attached hydrogens (tertiary/aromatic N) is 3. The summed E-state index contributed by atoms with van der Waals surface area (Å²) in [4.78, 5) is 20.1. The first kappa shape index (κ1) is 26.7. The molecule has 3 aromatic carbocycles. The summed E-state index contributed by atoms with van der Waals surface area (Å²) >= 11 is 8.29. The zero-order valence-corrected chi connectivity index (χ0v) is 23.4. The number of carboxylic acids is 1. The minimum atomic E-state index is -0.921. The van der Waals surface area contributed by atoms with Crippen LogP contribution in [0.1, 0.15) is 47.8 Å². The van der Waals surface area contributed by atoms with E-state index in [1.807, 2.05) is 36.7 Å². The monoisotopic (exact) mass is 533 g/mol. The number of rotatable bonds is 8. The standard InChI is InChI=1S/C30H32ClN3O2S/c1-30(2,3)24-13-8-21(9-14-24)17-33(4)27-15-12-23(16-25(27)31)26-19-37-29(32-26)34(5)18-20-6-10-22(11-7-20)28(35)36/h6-16,19H,17-18H2,1-5H3,(H,35,36). The Morgan fingerprint density at radius 2 is 1.51 bits per heavy atom. The number of aromatic nitrogens is 1. The van der Waals surface area contributed by atoms with Crippen LogP contribution in [-0.4, -0.2) is 30.2 Å². The summed E-state index contributed by atoms with van der Waals surface area (Å²) in [7, 11) is 4.03. The predicted molar refractivity (Wildman–Crippen MR) is 155 cm³/mol. The molecule has 4 rings (SSSR count). The summed E-state index contributed by atoms with van der Waals surface area (Å²) in [5.41, 5.74) is 6.83. The van der Waals surface area contributed by atoms with Crippen LogP contribution in [0.5, 0.6) is 0 Å². The van der Waals surface area contributed by atoms with Gasteiger partial charge in [-0.3, -0.25) is 0 Å². The molecule has 1 aromatic heterocycles. The number of hydrogen-bond acceptors (Lipinski definition) is 5. The molecule has 1 heterocycles. The molecular formula is C30H32ClN3O2S. The van der Waals surface area contributed by atoms with Gasteiger partial charge in [-0.2, -0.15) is 0 Å². The minimum absolute atomic E-state index is 0.140. The van der Waals surface area contributed by atoms with Crippen LogP contribution >= 0.6 is 22.9 Å². The lowest BCUT2D eigenvalue weighted by Gasteiger charge is -2.23. The molecule has 0 fully saturated rings. The van der Waals surface area contributed by atoms with Crippen LogP contribution in [-0.2, 0) is 18.5 Å². The van der Waals surface area contributed by atoms with Gasteiger partial charge in [-0.25, -0.2) is 9.78 Å². The third kappa shape index (κ3) is 6.51. The normalized spacial score (nSPS) is 11.4. The average Bonchev–Trinajstić information content (AvgIpc) is 3.35. The lowest BCUT2D eigenvalue weighted by atomic mass is 9.87. The van der Waals surface area contributed by atoms with Crippen molar-refractivity contribution in [3.63, 3.8) is 0 Å². The number of anilines is 2. The molecule has 0 saturated carbocycles. The molecule has 0 radical (unpaired) electrons. The number of aromatic carboxylic acids is 1. The third-order valence-electron chi connectivity index (χ3n) is 6.33. The molecule has 0 bridgehead atoms. The van der Waals surface area contributed by atoms with Crippen LogP contribution in [0, 0.1) is 0 Å².